The SMILES string of the molecule is NN[C@@H](CCCNC(N)=O)C(=O)ON. The third-order valence-corrected chi connectivity index (χ3v) is 1.57. The van der Waals surface area contributed by atoms with Gasteiger partial charge in [0.1, 0.15) is 6.04 Å². The topological polar surface area (TPSA) is 145 Å². The lowest BCUT2D eigenvalue weighted by atomic mass is 10.1. The molecule has 0 saturated carbocycles. The van der Waals surface area contributed by atoms with Gasteiger partial charge in [0, 0.05) is 6.54 Å². The van der Waals surface area contributed by atoms with Gasteiger partial charge in [-0.25, -0.2) is 15.0 Å². The van der Waals surface area contributed by atoms with Crippen LogP contribution in [0, 0.1) is 0 Å². The van der Waals surface area contributed by atoms with E-state index in [1.165, 1.54) is 0 Å². The monoisotopic (exact) mass is 205 g/mol. The molecule has 0 bridgehead atoms. The average molecular weight is 205 g/mol. The van der Waals surface area contributed by atoms with Crippen LogP contribution < -0.4 is 28.2 Å². The van der Waals surface area contributed by atoms with E-state index in [1.54, 1.807) is 0 Å². The molecule has 0 aromatic heterocycles. The van der Waals surface area contributed by atoms with Crippen LogP contribution in [0.15, 0.2) is 0 Å². The Morgan fingerprint density at radius 3 is 2.50 bits per heavy atom. The van der Waals surface area contributed by atoms with Crippen molar-refractivity contribution in [2.24, 2.45) is 17.5 Å². The van der Waals surface area contributed by atoms with Gasteiger partial charge in [0.05, 0.1) is 0 Å². The first kappa shape index (κ1) is 12.6. The molecule has 0 aliphatic carbocycles. The van der Waals surface area contributed by atoms with E-state index in [4.69, 9.17) is 11.6 Å². The number of urea groups is 1. The van der Waals surface area contributed by atoms with Gasteiger partial charge in [0.25, 0.3) is 0 Å². The second-order valence-electron chi connectivity index (χ2n) is 2.59. The molecule has 0 fully saturated rings. The molecule has 14 heavy (non-hydrogen) atoms. The zero-order valence-corrected chi connectivity index (χ0v) is 7.66. The highest BCUT2D eigenvalue weighted by atomic mass is 16.7. The zero-order valence-electron chi connectivity index (χ0n) is 7.66. The van der Waals surface area contributed by atoms with Gasteiger partial charge in [0.15, 0.2) is 0 Å². The predicted molar refractivity (Wildman–Crippen MR) is 48.2 cm³/mol. The molecule has 0 unspecified atom stereocenters. The van der Waals surface area contributed by atoms with Crippen LogP contribution in [0.4, 0.5) is 4.79 Å². The second-order valence-corrected chi connectivity index (χ2v) is 2.59. The van der Waals surface area contributed by atoms with E-state index in [2.05, 4.69) is 21.5 Å². The molecule has 0 aromatic carbocycles. The summed E-state index contributed by atoms with van der Waals surface area (Å²) in [5, 5.41) is 2.37. The van der Waals surface area contributed by atoms with Crippen LogP contribution in [0.3, 0.4) is 0 Å². The molecule has 8 N–H and O–H groups in total. The van der Waals surface area contributed by atoms with E-state index in [-0.39, 0.29) is 0 Å². The Kier molecular flexibility index (Phi) is 6.37. The molecule has 8 heteroatoms. The lowest BCUT2D eigenvalue weighted by Gasteiger charge is -2.12. The number of rotatable bonds is 6. The van der Waals surface area contributed by atoms with Gasteiger partial charge >= 0.3 is 12.0 Å². The summed E-state index contributed by atoms with van der Waals surface area (Å²) in [7, 11) is 0. The summed E-state index contributed by atoms with van der Waals surface area (Å²) in [6.07, 6.45) is 0.930. The fraction of sp³-hybridized carbons (Fsp3) is 0.667. The van der Waals surface area contributed by atoms with E-state index < -0.39 is 18.0 Å². The summed E-state index contributed by atoms with van der Waals surface area (Å²) in [5.41, 5.74) is 7.07. The Labute approximate surface area is 81.0 Å². The molecule has 0 aliphatic rings. The van der Waals surface area contributed by atoms with Crippen molar-refractivity contribution in [1.29, 1.82) is 0 Å². The van der Waals surface area contributed by atoms with Crippen LogP contribution in [0.2, 0.25) is 0 Å². The highest BCUT2D eigenvalue weighted by Gasteiger charge is 2.16. The minimum atomic E-state index is -0.672. The Hall–Kier alpha value is -1.38. The van der Waals surface area contributed by atoms with E-state index >= 15 is 0 Å². The molecule has 82 valence electrons. The van der Waals surface area contributed by atoms with Gasteiger partial charge in [0.2, 0.25) is 0 Å². The highest BCUT2D eigenvalue weighted by Crippen LogP contribution is 1.96. The number of amides is 2. The van der Waals surface area contributed by atoms with Crippen molar-refractivity contribution in [2.45, 2.75) is 18.9 Å². The van der Waals surface area contributed by atoms with Crippen LogP contribution in [0.25, 0.3) is 0 Å². The maximum atomic E-state index is 10.9. The maximum Gasteiger partial charge on any atom is 0.342 e. The fourth-order valence-electron chi connectivity index (χ4n) is 0.869. The quantitative estimate of drug-likeness (QED) is 0.187. The Morgan fingerprint density at radius 2 is 2.07 bits per heavy atom. The molecule has 0 spiro atoms. The minimum absolute atomic E-state index is 0.366. The molecule has 0 rings (SSSR count). The largest absolute Gasteiger partial charge is 0.372 e. The first-order chi connectivity index (χ1) is 6.61. The number of hydrogen-bond donors (Lipinski definition) is 5. The van der Waals surface area contributed by atoms with Gasteiger partial charge in [-0.05, 0) is 12.8 Å². The standard InChI is InChI=1S/C6H15N5O3/c7-6(13)10-3-1-2-4(11-8)5(12)14-9/h4,11H,1-3,8-9H2,(H3,7,10,13)/t4-/m0/s1. The summed E-state index contributed by atoms with van der Waals surface area (Å²) in [6, 6.07) is -1.28. The van der Waals surface area contributed by atoms with Gasteiger partial charge < -0.3 is 15.9 Å². The average Bonchev–Trinajstić information content (AvgIpc) is 2.16. The molecular weight excluding hydrogens is 190 g/mol. The summed E-state index contributed by atoms with van der Waals surface area (Å²) < 4.78 is 0. The van der Waals surface area contributed by atoms with E-state index in [9.17, 15) is 9.59 Å². The smallest absolute Gasteiger partial charge is 0.342 e. The fourth-order valence-corrected chi connectivity index (χ4v) is 0.869. The van der Waals surface area contributed by atoms with Crippen LogP contribution in [0.1, 0.15) is 12.8 Å². The third kappa shape index (κ3) is 5.30. The summed E-state index contributed by atoms with van der Waals surface area (Å²) in [4.78, 5) is 25.1. The van der Waals surface area contributed by atoms with Crippen molar-refractivity contribution < 1.29 is 14.4 Å². The molecule has 0 saturated heterocycles. The number of carbonyl (C=O) groups excluding carboxylic acids is 2. The number of hydrazine groups is 1. The molecule has 2 amide bonds. The predicted octanol–water partition coefficient (Wildman–Crippen LogP) is -2.32. The van der Waals surface area contributed by atoms with Crippen LogP contribution in [-0.2, 0) is 9.63 Å². The highest BCUT2D eigenvalue weighted by molar-refractivity contribution is 5.75. The summed E-state index contributed by atoms with van der Waals surface area (Å²) in [5.74, 6) is 9.09. The first-order valence-electron chi connectivity index (χ1n) is 4.01. The van der Waals surface area contributed by atoms with Crippen LogP contribution in [-0.4, -0.2) is 24.6 Å². The van der Waals surface area contributed by atoms with Gasteiger partial charge in [-0.15, -0.1) is 0 Å². The van der Waals surface area contributed by atoms with Gasteiger partial charge in [-0.3, -0.25) is 5.84 Å². The first-order valence-corrected chi connectivity index (χ1v) is 4.01. The third-order valence-electron chi connectivity index (χ3n) is 1.57. The maximum absolute atomic E-state index is 10.9. The Bertz CT molecular complexity index is 198. The summed E-state index contributed by atoms with van der Waals surface area (Å²) >= 11 is 0. The zero-order chi connectivity index (χ0) is 11.0. The molecule has 8 nitrogen and oxygen atoms in total. The Morgan fingerprint density at radius 1 is 1.43 bits per heavy atom. The van der Waals surface area contributed by atoms with Crippen molar-refractivity contribution >= 4 is 12.0 Å². The van der Waals surface area contributed by atoms with Gasteiger partial charge in [-0.2, -0.15) is 5.90 Å². The minimum Gasteiger partial charge on any atom is -0.372 e. The van der Waals surface area contributed by atoms with Crippen molar-refractivity contribution in [1.82, 2.24) is 10.7 Å². The van der Waals surface area contributed by atoms with E-state index in [0.29, 0.717) is 19.4 Å². The molecular formula is C6H15N5O3. The molecule has 0 radical (unpaired) electrons. The Balaban J connectivity index is 3.63. The number of nitrogens with two attached hydrogens (primary N) is 3. The lowest BCUT2D eigenvalue weighted by molar-refractivity contribution is -0.147. The molecule has 0 aliphatic heterocycles. The van der Waals surface area contributed by atoms with Crippen molar-refractivity contribution in [3.05, 3.63) is 0 Å². The number of hydrogen-bond acceptors (Lipinski definition) is 6. The van der Waals surface area contributed by atoms with Crippen LogP contribution >= 0.6 is 0 Å². The van der Waals surface area contributed by atoms with Crippen molar-refractivity contribution in [3.8, 4) is 0 Å². The number of nitrogens with one attached hydrogen (secondary N) is 2. The number of primary amides is 1. The van der Waals surface area contributed by atoms with E-state index in [0.717, 1.165) is 0 Å². The van der Waals surface area contributed by atoms with Crippen molar-refractivity contribution in [2.75, 3.05) is 6.54 Å². The molecule has 1 atom stereocenters. The van der Waals surface area contributed by atoms with E-state index in [1.807, 2.05) is 0 Å². The van der Waals surface area contributed by atoms with Crippen LogP contribution in [0.5, 0.6) is 0 Å². The summed E-state index contributed by atoms with van der Waals surface area (Å²) in [6.45, 7) is 0.366. The second kappa shape index (κ2) is 7.06. The van der Waals surface area contributed by atoms with Gasteiger partial charge in [-0.1, -0.05) is 0 Å². The number of carbonyl (C=O) groups is 2. The normalized spacial score (nSPS) is 11.9. The lowest BCUT2D eigenvalue weighted by Crippen LogP contribution is -2.43. The molecule has 0 aromatic rings. The molecule has 0 heterocycles. The van der Waals surface area contributed by atoms with Crippen molar-refractivity contribution in [3.63, 3.8) is 0 Å².